The number of pyridine rings is 1. The van der Waals surface area contributed by atoms with E-state index < -0.39 is 0 Å². The van der Waals surface area contributed by atoms with Gasteiger partial charge < -0.3 is 9.88 Å². The van der Waals surface area contributed by atoms with Gasteiger partial charge in [-0.1, -0.05) is 36.4 Å². The van der Waals surface area contributed by atoms with Crippen LogP contribution in [0, 0.1) is 6.92 Å². The Morgan fingerprint density at radius 2 is 1.79 bits per heavy atom. The van der Waals surface area contributed by atoms with E-state index in [1.807, 2.05) is 68.4 Å². The molecular formula is C20H20N2O2. The first-order valence-corrected chi connectivity index (χ1v) is 8.06. The van der Waals surface area contributed by atoms with Crippen LogP contribution in [0.2, 0.25) is 0 Å². The zero-order valence-electron chi connectivity index (χ0n) is 13.9. The number of H-pyrrole nitrogens is 1. The van der Waals surface area contributed by atoms with Gasteiger partial charge in [0, 0.05) is 23.2 Å². The number of hydrogen-bond acceptors (Lipinski definition) is 2. The number of aromatic amines is 1. The molecule has 1 N–H and O–H groups in total. The Hall–Kier alpha value is -2.88. The largest absolute Gasteiger partial charge is 0.334 e. The van der Waals surface area contributed by atoms with Crippen molar-refractivity contribution in [2.75, 3.05) is 6.54 Å². The highest BCUT2D eigenvalue weighted by Gasteiger charge is 2.17. The maximum atomic E-state index is 12.8. The summed E-state index contributed by atoms with van der Waals surface area (Å²) >= 11 is 0. The van der Waals surface area contributed by atoms with Crippen molar-refractivity contribution in [3.05, 3.63) is 81.6 Å². The Kier molecular flexibility index (Phi) is 4.47. The van der Waals surface area contributed by atoms with Crippen molar-refractivity contribution < 1.29 is 4.79 Å². The number of nitrogens with zero attached hydrogens (tertiary/aromatic N) is 1. The maximum Gasteiger partial charge on any atom is 0.254 e. The third-order valence-corrected chi connectivity index (χ3v) is 4.24. The maximum absolute atomic E-state index is 12.8. The van der Waals surface area contributed by atoms with E-state index in [4.69, 9.17) is 0 Å². The van der Waals surface area contributed by atoms with Crippen LogP contribution >= 0.6 is 0 Å². The van der Waals surface area contributed by atoms with E-state index in [0.717, 1.165) is 16.5 Å². The van der Waals surface area contributed by atoms with Crippen LogP contribution in [0.5, 0.6) is 0 Å². The Morgan fingerprint density at radius 3 is 2.54 bits per heavy atom. The molecule has 0 spiro atoms. The van der Waals surface area contributed by atoms with Crippen molar-refractivity contribution in [3.63, 3.8) is 0 Å². The number of aryl methyl sites for hydroxylation is 1. The average molecular weight is 320 g/mol. The number of amides is 1. The van der Waals surface area contributed by atoms with Crippen LogP contribution in [-0.2, 0) is 6.54 Å². The molecule has 122 valence electrons. The summed E-state index contributed by atoms with van der Waals surface area (Å²) in [6.45, 7) is 4.68. The second-order valence-electron chi connectivity index (χ2n) is 5.85. The fraction of sp³-hybridized carbons (Fsp3) is 0.200. The number of rotatable bonds is 4. The molecule has 1 aromatic heterocycles. The minimum Gasteiger partial charge on any atom is -0.334 e. The molecule has 0 bridgehead atoms. The quantitative estimate of drug-likeness (QED) is 0.800. The van der Waals surface area contributed by atoms with E-state index in [1.54, 1.807) is 4.90 Å². The minimum absolute atomic E-state index is 0.0526. The van der Waals surface area contributed by atoms with E-state index in [-0.39, 0.29) is 11.5 Å². The summed E-state index contributed by atoms with van der Waals surface area (Å²) in [5, 5.41) is 0.964. The van der Waals surface area contributed by atoms with Crippen LogP contribution in [0.1, 0.15) is 28.4 Å². The number of nitrogens with one attached hydrogen (secondary N) is 1. The number of aromatic nitrogens is 1. The summed E-state index contributed by atoms with van der Waals surface area (Å²) in [6, 6.07) is 17.0. The Morgan fingerprint density at radius 1 is 1.08 bits per heavy atom. The first-order chi connectivity index (χ1) is 11.6. The molecule has 24 heavy (non-hydrogen) atoms. The van der Waals surface area contributed by atoms with Gasteiger partial charge >= 0.3 is 0 Å². The molecular weight excluding hydrogens is 300 g/mol. The highest BCUT2D eigenvalue weighted by Crippen LogP contribution is 2.15. The van der Waals surface area contributed by atoms with E-state index in [9.17, 15) is 9.59 Å². The average Bonchev–Trinajstić information content (AvgIpc) is 2.59. The van der Waals surface area contributed by atoms with Crippen molar-refractivity contribution >= 4 is 16.8 Å². The Balaban J connectivity index is 1.93. The molecule has 3 rings (SSSR count). The predicted molar refractivity (Wildman–Crippen MR) is 96.2 cm³/mol. The molecule has 0 atom stereocenters. The molecule has 0 saturated carbocycles. The summed E-state index contributed by atoms with van der Waals surface area (Å²) < 4.78 is 0. The van der Waals surface area contributed by atoms with E-state index in [2.05, 4.69) is 4.98 Å². The monoisotopic (exact) mass is 320 g/mol. The number of carbonyl (C=O) groups excluding carboxylic acids is 1. The van der Waals surface area contributed by atoms with Gasteiger partial charge in [-0.3, -0.25) is 9.59 Å². The van der Waals surface area contributed by atoms with E-state index in [1.165, 1.54) is 0 Å². The molecule has 4 heteroatoms. The topological polar surface area (TPSA) is 53.2 Å². The molecule has 0 aliphatic heterocycles. The smallest absolute Gasteiger partial charge is 0.254 e. The summed E-state index contributed by atoms with van der Waals surface area (Å²) in [5.41, 5.74) is 2.87. The summed E-state index contributed by atoms with van der Waals surface area (Å²) in [5.74, 6) is -0.0526. The second-order valence-corrected chi connectivity index (χ2v) is 5.85. The van der Waals surface area contributed by atoms with Gasteiger partial charge in [-0.25, -0.2) is 0 Å². The lowest BCUT2D eigenvalue weighted by Crippen LogP contribution is -2.33. The molecule has 0 aliphatic carbocycles. The zero-order valence-corrected chi connectivity index (χ0v) is 13.9. The molecule has 0 saturated heterocycles. The number of carbonyl (C=O) groups is 1. The SMILES string of the molecule is CCN(Cc1cc2ccccc2[nH]c1=O)C(=O)c1ccccc1C. The van der Waals surface area contributed by atoms with Gasteiger partial charge in [-0.2, -0.15) is 0 Å². The number of fused-ring (bicyclic) bond motifs is 1. The van der Waals surface area contributed by atoms with Gasteiger partial charge in [0.2, 0.25) is 0 Å². The van der Waals surface area contributed by atoms with Crippen LogP contribution in [0.3, 0.4) is 0 Å². The van der Waals surface area contributed by atoms with Crippen LogP contribution < -0.4 is 5.56 Å². The minimum atomic E-state index is -0.148. The molecule has 2 aromatic carbocycles. The fourth-order valence-corrected chi connectivity index (χ4v) is 2.83. The van der Waals surface area contributed by atoms with Crippen molar-refractivity contribution in [2.45, 2.75) is 20.4 Å². The van der Waals surface area contributed by atoms with Crippen molar-refractivity contribution in [3.8, 4) is 0 Å². The third-order valence-electron chi connectivity index (χ3n) is 4.24. The lowest BCUT2D eigenvalue weighted by Gasteiger charge is -2.21. The van der Waals surface area contributed by atoms with Crippen molar-refractivity contribution in [1.29, 1.82) is 0 Å². The molecule has 0 aliphatic rings. The molecule has 1 heterocycles. The van der Waals surface area contributed by atoms with Crippen LogP contribution in [-0.4, -0.2) is 22.3 Å². The van der Waals surface area contributed by atoms with Gasteiger partial charge in [0.25, 0.3) is 11.5 Å². The summed E-state index contributed by atoms with van der Waals surface area (Å²) in [4.78, 5) is 29.7. The highest BCUT2D eigenvalue weighted by molar-refractivity contribution is 5.95. The molecule has 4 nitrogen and oxygen atoms in total. The lowest BCUT2D eigenvalue weighted by molar-refractivity contribution is 0.0751. The highest BCUT2D eigenvalue weighted by atomic mass is 16.2. The van der Waals surface area contributed by atoms with Crippen molar-refractivity contribution in [2.24, 2.45) is 0 Å². The Bertz CT molecular complexity index is 944. The van der Waals surface area contributed by atoms with Gasteiger partial charge in [-0.05, 0) is 43.0 Å². The first-order valence-electron chi connectivity index (χ1n) is 8.06. The second kappa shape index (κ2) is 6.71. The molecule has 0 unspecified atom stereocenters. The van der Waals surface area contributed by atoms with Crippen LogP contribution in [0.25, 0.3) is 10.9 Å². The zero-order chi connectivity index (χ0) is 17.1. The number of hydrogen-bond donors (Lipinski definition) is 1. The number of benzene rings is 2. The first kappa shape index (κ1) is 16.0. The standard InChI is InChI=1S/C20H20N2O2/c1-3-22(20(24)17-10-6-4-8-14(17)2)13-16-12-15-9-5-7-11-18(15)21-19(16)23/h4-12H,3,13H2,1-2H3,(H,21,23). The fourth-order valence-electron chi connectivity index (χ4n) is 2.83. The van der Waals surface area contributed by atoms with Gasteiger partial charge in [0.1, 0.15) is 0 Å². The molecule has 1 amide bonds. The predicted octanol–water partition coefficient (Wildman–Crippen LogP) is 3.50. The van der Waals surface area contributed by atoms with E-state index >= 15 is 0 Å². The molecule has 0 radical (unpaired) electrons. The Labute approximate surface area is 140 Å². The van der Waals surface area contributed by atoms with Crippen LogP contribution in [0.4, 0.5) is 0 Å². The number of para-hydroxylation sites is 1. The van der Waals surface area contributed by atoms with Gasteiger partial charge in [-0.15, -0.1) is 0 Å². The van der Waals surface area contributed by atoms with E-state index in [0.29, 0.717) is 24.2 Å². The summed E-state index contributed by atoms with van der Waals surface area (Å²) in [6.07, 6.45) is 0. The summed E-state index contributed by atoms with van der Waals surface area (Å²) in [7, 11) is 0. The van der Waals surface area contributed by atoms with Gasteiger partial charge in [0.05, 0.1) is 6.54 Å². The van der Waals surface area contributed by atoms with Crippen LogP contribution in [0.15, 0.2) is 59.4 Å². The van der Waals surface area contributed by atoms with Gasteiger partial charge in [0.15, 0.2) is 0 Å². The molecule has 0 fully saturated rings. The third kappa shape index (κ3) is 3.08. The van der Waals surface area contributed by atoms with Crippen molar-refractivity contribution in [1.82, 2.24) is 9.88 Å². The molecule has 3 aromatic rings. The lowest BCUT2D eigenvalue weighted by atomic mass is 10.1. The normalized spacial score (nSPS) is 10.8.